The molecule has 0 fully saturated rings. The minimum Gasteiger partial charge on any atom is -0.450 e. The van der Waals surface area contributed by atoms with Crippen LogP contribution in [0.2, 0.25) is 0 Å². The van der Waals surface area contributed by atoms with Crippen LogP contribution in [0.25, 0.3) is 0 Å². The van der Waals surface area contributed by atoms with Crippen LogP contribution >= 0.6 is 22.7 Å². The maximum absolute atomic E-state index is 13.2. The first kappa shape index (κ1) is 20.5. The van der Waals surface area contributed by atoms with E-state index in [0.29, 0.717) is 25.9 Å². The molecule has 2 aromatic heterocycles. The number of carbonyl (C=O) groups excluding carboxylic acids is 2. The molecule has 1 N–H and O–H groups in total. The molecule has 0 aliphatic rings. The van der Waals surface area contributed by atoms with Crippen molar-refractivity contribution in [3.8, 4) is 0 Å². The zero-order valence-electron chi connectivity index (χ0n) is 15.0. The summed E-state index contributed by atoms with van der Waals surface area (Å²) >= 11 is 3.24. The standard InChI is InChI=1S/C19H25N2O3S2/c1-3-5-10-17(20-19(23)24-4-2)18(22)21(13-15-8-6-11-25-15)14-16-9-7-12-26-16/h6-9,11-12,17H,1,3-5,10,13-14H2,2H3,(H,20,23)/t17-/m0/s1. The van der Waals surface area contributed by atoms with Gasteiger partial charge in [0, 0.05) is 9.75 Å². The molecule has 1 atom stereocenters. The number of unbranched alkanes of at least 4 members (excludes halogenated alkanes) is 1. The van der Waals surface area contributed by atoms with Crippen molar-refractivity contribution in [1.29, 1.82) is 0 Å². The van der Waals surface area contributed by atoms with Gasteiger partial charge in [0.15, 0.2) is 0 Å². The molecule has 0 aromatic carbocycles. The maximum Gasteiger partial charge on any atom is 0.407 e. The smallest absolute Gasteiger partial charge is 0.407 e. The lowest BCUT2D eigenvalue weighted by Gasteiger charge is -2.27. The van der Waals surface area contributed by atoms with Gasteiger partial charge in [-0.3, -0.25) is 4.79 Å². The Labute approximate surface area is 163 Å². The van der Waals surface area contributed by atoms with Gasteiger partial charge in [0.05, 0.1) is 19.7 Å². The van der Waals surface area contributed by atoms with Crippen molar-refractivity contribution in [3.63, 3.8) is 0 Å². The van der Waals surface area contributed by atoms with Crippen LogP contribution in [0.5, 0.6) is 0 Å². The van der Waals surface area contributed by atoms with Crippen LogP contribution in [-0.4, -0.2) is 29.5 Å². The Bertz CT molecular complexity index is 620. The fraction of sp³-hybridized carbons (Fsp3) is 0.421. The molecule has 0 bridgehead atoms. The lowest BCUT2D eigenvalue weighted by Crippen LogP contribution is -2.48. The summed E-state index contributed by atoms with van der Waals surface area (Å²) in [6.07, 6.45) is 1.47. The third-order valence-corrected chi connectivity index (χ3v) is 5.50. The van der Waals surface area contributed by atoms with Crippen LogP contribution in [-0.2, 0) is 22.6 Å². The summed E-state index contributed by atoms with van der Waals surface area (Å²) in [5.74, 6) is -0.0895. The predicted molar refractivity (Wildman–Crippen MR) is 106 cm³/mol. The predicted octanol–water partition coefficient (Wildman–Crippen LogP) is 4.46. The van der Waals surface area contributed by atoms with Crippen LogP contribution in [0, 0.1) is 6.92 Å². The SMILES string of the molecule is [CH2]CCC[C@H](NC(=O)OCC)C(=O)N(Cc1cccs1)Cc1cccs1. The molecule has 2 rings (SSSR count). The topological polar surface area (TPSA) is 58.6 Å². The van der Waals surface area contributed by atoms with Crippen molar-refractivity contribution in [3.05, 3.63) is 51.7 Å². The van der Waals surface area contributed by atoms with Gasteiger partial charge in [-0.1, -0.05) is 31.9 Å². The first-order chi connectivity index (χ1) is 12.6. The van der Waals surface area contributed by atoms with Gasteiger partial charge in [0.2, 0.25) is 5.91 Å². The molecule has 0 unspecified atom stereocenters. The highest BCUT2D eigenvalue weighted by atomic mass is 32.1. The van der Waals surface area contributed by atoms with Crippen molar-refractivity contribution in [2.24, 2.45) is 0 Å². The first-order valence-electron chi connectivity index (χ1n) is 8.70. The van der Waals surface area contributed by atoms with E-state index in [1.54, 1.807) is 34.5 Å². The number of hydrogen-bond donors (Lipinski definition) is 1. The molecule has 2 aromatic rings. The average Bonchev–Trinajstić information content (AvgIpc) is 3.31. The Kier molecular flexibility index (Phi) is 8.64. The van der Waals surface area contributed by atoms with E-state index in [1.807, 2.05) is 35.0 Å². The fourth-order valence-corrected chi connectivity index (χ4v) is 3.97. The second-order valence-electron chi connectivity index (χ2n) is 5.77. The van der Waals surface area contributed by atoms with Crippen molar-refractivity contribution < 1.29 is 14.3 Å². The molecule has 0 aliphatic carbocycles. The van der Waals surface area contributed by atoms with Crippen LogP contribution in [0.1, 0.15) is 35.9 Å². The van der Waals surface area contributed by atoms with E-state index in [9.17, 15) is 9.59 Å². The summed E-state index contributed by atoms with van der Waals surface area (Å²) in [6.45, 7) is 6.90. The molecule has 2 heterocycles. The molecule has 0 aliphatic heterocycles. The summed E-state index contributed by atoms with van der Waals surface area (Å²) in [7, 11) is 0. The summed E-state index contributed by atoms with van der Waals surface area (Å²) in [6, 6.07) is 7.39. The van der Waals surface area contributed by atoms with Crippen LogP contribution in [0.4, 0.5) is 4.79 Å². The number of thiophene rings is 2. The molecule has 0 saturated heterocycles. The van der Waals surface area contributed by atoms with Crippen LogP contribution in [0.3, 0.4) is 0 Å². The normalized spacial score (nSPS) is 11.8. The summed E-state index contributed by atoms with van der Waals surface area (Å²) in [5, 5.41) is 6.72. The molecule has 2 amide bonds. The van der Waals surface area contributed by atoms with Crippen molar-refractivity contribution >= 4 is 34.7 Å². The van der Waals surface area contributed by atoms with Gasteiger partial charge in [-0.05, 0) is 36.2 Å². The monoisotopic (exact) mass is 393 g/mol. The highest BCUT2D eigenvalue weighted by Gasteiger charge is 2.26. The lowest BCUT2D eigenvalue weighted by molar-refractivity contribution is -0.134. The molecule has 7 heteroatoms. The molecule has 0 saturated carbocycles. The largest absolute Gasteiger partial charge is 0.450 e. The number of rotatable bonds is 10. The highest BCUT2D eigenvalue weighted by molar-refractivity contribution is 7.10. The van der Waals surface area contributed by atoms with E-state index in [-0.39, 0.29) is 12.5 Å². The molecule has 1 radical (unpaired) electrons. The van der Waals surface area contributed by atoms with Gasteiger partial charge in [-0.25, -0.2) is 4.79 Å². The molecular weight excluding hydrogens is 368 g/mol. The second-order valence-corrected chi connectivity index (χ2v) is 7.83. The quantitative estimate of drug-likeness (QED) is 0.648. The van der Waals surface area contributed by atoms with E-state index in [4.69, 9.17) is 4.74 Å². The molecule has 141 valence electrons. The third kappa shape index (κ3) is 6.46. The van der Waals surface area contributed by atoms with Crippen molar-refractivity contribution in [1.82, 2.24) is 10.2 Å². The summed E-state index contributed by atoms with van der Waals surface area (Å²) < 4.78 is 4.96. The lowest BCUT2D eigenvalue weighted by atomic mass is 10.1. The minimum atomic E-state index is -0.601. The van der Waals surface area contributed by atoms with E-state index in [2.05, 4.69) is 12.2 Å². The van der Waals surface area contributed by atoms with Gasteiger partial charge in [0.25, 0.3) is 0 Å². The number of amides is 2. The number of alkyl carbamates (subject to hydrolysis) is 1. The Hall–Kier alpha value is -1.86. The number of nitrogens with zero attached hydrogens (tertiary/aromatic N) is 1. The molecule has 5 nitrogen and oxygen atoms in total. The molecular formula is C19H25N2O3S2. The Morgan fingerprint density at radius 3 is 2.27 bits per heavy atom. The van der Waals surface area contributed by atoms with E-state index in [1.165, 1.54) is 0 Å². The summed E-state index contributed by atoms with van der Waals surface area (Å²) in [4.78, 5) is 29.1. The number of nitrogens with one attached hydrogen (secondary N) is 1. The second kappa shape index (κ2) is 11.0. The Balaban J connectivity index is 2.14. The fourth-order valence-electron chi connectivity index (χ4n) is 2.53. The Morgan fingerprint density at radius 2 is 1.81 bits per heavy atom. The van der Waals surface area contributed by atoms with Crippen LogP contribution < -0.4 is 5.32 Å². The van der Waals surface area contributed by atoms with Crippen molar-refractivity contribution in [2.75, 3.05) is 6.61 Å². The van der Waals surface area contributed by atoms with Gasteiger partial charge in [0.1, 0.15) is 6.04 Å². The minimum absolute atomic E-state index is 0.0895. The van der Waals surface area contributed by atoms with E-state index < -0.39 is 12.1 Å². The number of ether oxygens (including phenoxy) is 1. The van der Waals surface area contributed by atoms with Crippen molar-refractivity contribution in [2.45, 2.75) is 45.3 Å². The third-order valence-electron chi connectivity index (χ3n) is 3.77. The van der Waals surface area contributed by atoms with E-state index >= 15 is 0 Å². The van der Waals surface area contributed by atoms with Gasteiger partial charge in [-0.15, -0.1) is 22.7 Å². The zero-order chi connectivity index (χ0) is 18.8. The maximum atomic E-state index is 13.2. The molecule has 26 heavy (non-hydrogen) atoms. The first-order valence-corrected chi connectivity index (χ1v) is 10.5. The molecule has 0 spiro atoms. The van der Waals surface area contributed by atoms with Gasteiger partial charge < -0.3 is 15.0 Å². The Morgan fingerprint density at radius 1 is 1.19 bits per heavy atom. The van der Waals surface area contributed by atoms with Gasteiger partial charge in [-0.2, -0.15) is 0 Å². The van der Waals surface area contributed by atoms with E-state index in [0.717, 1.165) is 16.2 Å². The summed E-state index contributed by atoms with van der Waals surface area (Å²) in [5.41, 5.74) is 0. The average molecular weight is 394 g/mol. The highest BCUT2D eigenvalue weighted by Crippen LogP contribution is 2.19. The number of hydrogen-bond acceptors (Lipinski definition) is 5. The van der Waals surface area contributed by atoms with Gasteiger partial charge >= 0.3 is 6.09 Å². The van der Waals surface area contributed by atoms with Crippen LogP contribution in [0.15, 0.2) is 35.0 Å². The number of carbonyl (C=O) groups is 2. The zero-order valence-corrected chi connectivity index (χ0v) is 16.6.